The van der Waals surface area contributed by atoms with Gasteiger partial charge in [-0.25, -0.2) is 4.79 Å². The van der Waals surface area contributed by atoms with Crippen molar-refractivity contribution in [2.45, 2.75) is 45.6 Å². The Morgan fingerprint density at radius 2 is 1.85 bits per heavy atom. The van der Waals surface area contributed by atoms with E-state index in [-0.39, 0.29) is 43.5 Å². The van der Waals surface area contributed by atoms with Crippen LogP contribution in [0, 0.1) is 5.92 Å². The maximum atomic E-state index is 11.7. The lowest BCUT2D eigenvalue weighted by Gasteiger charge is -2.21. The minimum absolute atomic E-state index is 0.0103. The largest absolute Gasteiger partial charge is 0.480 e. The molecule has 1 rings (SSSR count). The van der Waals surface area contributed by atoms with Crippen molar-refractivity contribution < 1.29 is 24.3 Å². The molecule has 2 N–H and O–H groups in total. The molecule has 0 aromatic heterocycles. The van der Waals surface area contributed by atoms with Crippen LogP contribution in [0.4, 0.5) is 0 Å². The van der Waals surface area contributed by atoms with E-state index in [1.54, 1.807) is 6.92 Å². The highest BCUT2D eigenvalue weighted by Crippen LogP contribution is 2.12. The lowest BCUT2D eigenvalue weighted by molar-refractivity contribution is -0.144. The van der Waals surface area contributed by atoms with Crippen LogP contribution in [0.15, 0.2) is 0 Å². The minimum Gasteiger partial charge on any atom is -0.480 e. The summed E-state index contributed by atoms with van der Waals surface area (Å²) in [5.41, 5.74) is 0. The lowest BCUT2D eigenvalue weighted by atomic mass is 9.99. The van der Waals surface area contributed by atoms with Crippen LogP contribution in [0.3, 0.4) is 0 Å². The zero-order valence-electron chi connectivity index (χ0n) is 11.7. The Morgan fingerprint density at radius 3 is 2.30 bits per heavy atom. The van der Waals surface area contributed by atoms with E-state index in [2.05, 4.69) is 5.32 Å². The molecule has 20 heavy (non-hydrogen) atoms. The highest BCUT2D eigenvalue weighted by atomic mass is 16.4. The number of carbonyl (C=O) groups is 4. The quantitative estimate of drug-likeness (QED) is 0.647. The Hall–Kier alpha value is -1.92. The monoisotopic (exact) mass is 284 g/mol. The first-order chi connectivity index (χ1) is 9.36. The molecule has 0 saturated carbocycles. The van der Waals surface area contributed by atoms with E-state index in [0.717, 1.165) is 4.90 Å². The van der Waals surface area contributed by atoms with E-state index >= 15 is 0 Å². The first-order valence-electron chi connectivity index (χ1n) is 6.72. The molecule has 1 unspecified atom stereocenters. The predicted molar refractivity (Wildman–Crippen MR) is 69.6 cm³/mol. The number of carboxylic acid groups (broad SMARTS) is 1. The second-order valence-corrected chi connectivity index (χ2v) is 4.96. The normalized spacial score (nSPS) is 18.0. The van der Waals surface area contributed by atoms with Crippen molar-refractivity contribution in [2.24, 2.45) is 5.92 Å². The maximum absolute atomic E-state index is 11.7. The van der Waals surface area contributed by atoms with Crippen LogP contribution in [-0.2, 0) is 19.2 Å². The molecular formula is C13H20N2O5. The summed E-state index contributed by atoms with van der Waals surface area (Å²) in [5, 5.41) is 11.5. The minimum atomic E-state index is -1.08. The molecule has 0 aromatic rings. The standard InChI is InChI=1S/C13H20N2O5/c1-3-8(2)12(13(19)20)14-9(16)6-7-15-10(17)4-5-11(15)18/h8,12H,3-7H2,1-2H3,(H,14,16)(H,19,20)/t8?,12-/m0/s1. The van der Waals surface area contributed by atoms with E-state index in [9.17, 15) is 19.2 Å². The number of amides is 3. The molecule has 2 atom stereocenters. The number of hydrogen-bond acceptors (Lipinski definition) is 4. The van der Waals surface area contributed by atoms with Crippen molar-refractivity contribution in [2.75, 3.05) is 6.54 Å². The Labute approximate surface area is 117 Å². The first kappa shape index (κ1) is 16.1. The molecule has 1 aliphatic heterocycles. The van der Waals surface area contributed by atoms with Crippen LogP contribution in [0.1, 0.15) is 39.5 Å². The van der Waals surface area contributed by atoms with Crippen LogP contribution in [-0.4, -0.2) is 46.3 Å². The van der Waals surface area contributed by atoms with Gasteiger partial charge in [0.2, 0.25) is 17.7 Å². The average molecular weight is 284 g/mol. The van der Waals surface area contributed by atoms with Gasteiger partial charge in [-0.15, -0.1) is 0 Å². The number of aliphatic carboxylic acids is 1. The summed E-state index contributed by atoms with van der Waals surface area (Å²) < 4.78 is 0. The van der Waals surface area contributed by atoms with Gasteiger partial charge in [0.15, 0.2) is 0 Å². The molecule has 3 amide bonds. The van der Waals surface area contributed by atoms with Gasteiger partial charge in [0.1, 0.15) is 6.04 Å². The Balaban J connectivity index is 2.48. The topological polar surface area (TPSA) is 104 Å². The molecule has 0 aromatic carbocycles. The summed E-state index contributed by atoms with van der Waals surface area (Å²) in [7, 11) is 0. The van der Waals surface area contributed by atoms with Gasteiger partial charge < -0.3 is 10.4 Å². The summed E-state index contributed by atoms with van der Waals surface area (Å²) in [6.45, 7) is 3.59. The summed E-state index contributed by atoms with van der Waals surface area (Å²) in [6.07, 6.45) is 0.925. The van der Waals surface area contributed by atoms with E-state index in [4.69, 9.17) is 5.11 Å². The van der Waals surface area contributed by atoms with Gasteiger partial charge in [0.05, 0.1) is 0 Å². The van der Waals surface area contributed by atoms with Gasteiger partial charge in [-0.2, -0.15) is 0 Å². The van der Waals surface area contributed by atoms with Crippen LogP contribution in [0.5, 0.6) is 0 Å². The SMILES string of the molecule is CCC(C)[C@H](NC(=O)CCN1C(=O)CCC1=O)C(=O)O. The van der Waals surface area contributed by atoms with Crippen molar-refractivity contribution in [1.29, 1.82) is 0 Å². The smallest absolute Gasteiger partial charge is 0.326 e. The molecule has 7 heteroatoms. The number of carbonyl (C=O) groups excluding carboxylic acids is 3. The molecule has 112 valence electrons. The molecule has 7 nitrogen and oxygen atoms in total. The summed E-state index contributed by atoms with van der Waals surface area (Å²) in [6, 6.07) is -0.947. The fraction of sp³-hybridized carbons (Fsp3) is 0.692. The zero-order valence-corrected chi connectivity index (χ0v) is 11.7. The van der Waals surface area contributed by atoms with E-state index in [1.165, 1.54) is 0 Å². The van der Waals surface area contributed by atoms with Gasteiger partial charge in [-0.05, 0) is 5.92 Å². The third kappa shape index (κ3) is 4.04. The van der Waals surface area contributed by atoms with E-state index < -0.39 is 17.9 Å². The third-order valence-corrected chi connectivity index (χ3v) is 3.51. The summed E-state index contributed by atoms with van der Waals surface area (Å²) >= 11 is 0. The number of nitrogens with zero attached hydrogens (tertiary/aromatic N) is 1. The number of rotatable bonds is 7. The predicted octanol–water partition coefficient (Wildman–Crippen LogP) is 0.141. The molecule has 1 aliphatic rings. The molecule has 0 aliphatic carbocycles. The Kier molecular flexibility index (Phi) is 5.66. The lowest BCUT2D eigenvalue weighted by Crippen LogP contribution is -2.46. The number of nitrogens with one attached hydrogen (secondary N) is 1. The highest BCUT2D eigenvalue weighted by Gasteiger charge is 2.30. The summed E-state index contributed by atoms with van der Waals surface area (Å²) in [4.78, 5) is 46.6. The highest BCUT2D eigenvalue weighted by molar-refractivity contribution is 6.02. The zero-order chi connectivity index (χ0) is 15.3. The van der Waals surface area contributed by atoms with Crippen molar-refractivity contribution in [3.05, 3.63) is 0 Å². The second-order valence-electron chi connectivity index (χ2n) is 4.96. The average Bonchev–Trinajstić information content (AvgIpc) is 2.72. The third-order valence-electron chi connectivity index (χ3n) is 3.51. The number of carboxylic acids is 1. The van der Waals surface area contributed by atoms with Crippen LogP contribution in [0.25, 0.3) is 0 Å². The molecule has 0 bridgehead atoms. The fourth-order valence-corrected chi connectivity index (χ4v) is 2.01. The number of imide groups is 1. The molecule has 1 fully saturated rings. The molecule has 0 radical (unpaired) electrons. The van der Waals surface area contributed by atoms with Crippen LogP contribution < -0.4 is 5.32 Å². The van der Waals surface area contributed by atoms with Gasteiger partial charge in [0.25, 0.3) is 0 Å². The number of hydrogen-bond donors (Lipinski definition) is 2. The Morgan fingerprint density at radius 1 is 1.30 bits per heavy atom. The Bertz CT molecular complexity index is 405. The van der Waals surface area contributed by atoms with E-state index in [1.807, 2.05) is 6.92 Å². The van der Waals surface area contributed by atoms with Gasteiger partial charge in [-0.3, -0.25) is 19.3 Å². The van der Waals surface area contributed by atoms with Gasteiger partial charge in [-0.1, -0.05) is 20.3 Å². The second kappa shape index (κ2) is 7.02. The maximum Gasteiger partial charge on any atom is 0.326 e. The first-order valence-corrected chi connectivity index (χ1v) is 6.72. The van der Waals surface area contributed by atoms with Crippen molar-refractivity contribution >= 4 is 23.7 Å². The molecule has 1 saturated heterocycles. The summed E-state index contributed by atoms with van der Waals surface area (Å²) in [5.74, 6) is -2.29. The van der Waals surface area contributed by atoms with Crippen molar-refractivity contribution in [1.82, 2.24) is 10.2 Å². The van der Waals surface area contributed by atoms with Crippen molar-refractivity contribution in [3.63, 3.8) is 0 Å². The number of likely N-dealkylation sites (tertiary alicyclic amines) is 1. The fourth-order valence-electron chi connectivity index (χ4n) is 2.01. The molecule has 1 heterocycles. The molecular weight excluding hydrogens is 264 g/mol. The van der Waals surface area contributed by atoms with Gasteiger partial charge >= 0.3 is 5.97 Å². The van der Waals surface area contributed by atoms with Gasteiger partial charge in [0, 0.05) is 25.8 Å². The van der Waals surface area contributed by atoms with E-state index in [0.29, 0.717) is 6.42 Å². The van der Waals surface area contributed by atoms with Crippen LogP contribution in [0.2, 0.25) is 0 Å². The van der Waals surface area contributed by atoms with Crippen LogP contribution >= 0.6 is 0 Å². The molecule has 0 spiro atoms. The van der Waals surface area contributed by atoms with Crippen molar-refractivity contribution in [3.8, 4) is 0 Å².